The first-order valence-electron chi connectivity index (χ1n) is 13.5. The number of anilines is 1. The molecule has 0 radical (unpaired) electrons. The maximum atomic E-state index is 14.0. The fourth-order valence-electron chi connectivity index (χ4n) is 5.02. The number of rotatable bonds is 7. The third-order valence-electron chi connectivity index (χ3n) is 7.14. The molecule has 1 aromatic heterocycles. The molecule has 0 saturated carbocycles. The Bertz CT molecular complexity index is 1870. The van der Waals surface area contributed by atoms with Crippen molar-refractivity contribution in [2.75, 3.05) is 5.32 Å². The highest BCUT2D eigenvalue weighted by Crippen LogP contribution is 2.38. The number of nitrogens with zero attached hydrogens (tertiary/aromatic N) is 1. The van der Waals surface area contributed by atoms with E-state index in [1.807, 2.05) is 42.5 Å². The molecule has 3 nitrogen and oxygen atoms in total. The minimum atomic E-state index is -4.63. The summed E-state index contributed by atoms with van der Waals surface area (Å²) in [5, 5.41) is 3.74. The Hall–Kier alpha value is -5.23. The smallest absolute Gasteiger partial charge is 0.381 e. The number of benzene rings is 5. The lowest BCUT2D eigenvalue weighted by Crippen LogP contribution is -2.10. The predicted octanol–water partition coefficient (Wildman–Crippen LogP) is 9.43. The highest BCUT2D eigenvalue weighted by Gasteiger charge is 2.34. The Morgan fingerprint density at radius 3 is 2.02 bits per heavy atom. The summed E-state index contributed by atoms with van der Waals surface area (Å²) in [6, 6.07) is 39.9. The van der Waals surface area contributed by atoms with Crippen LogP contribution in [0.1, 0.15) is 27.2 Å². The SMILES string of the molecule is O=C(c1ccccc1)c1cc(-c2cccc(NCc3ccc(-c4ccccc4)cc3)c2)c2cccc(C(F)(F)F)c2n1. The maximum Gasteiger partial charge on any atom is 0.418 e. The number of halogens is 3. The molecule has 6 aromatic rings. The van der Waals surface area contributed by atoms with Crippen LogP contribution in [-0.2, 0) is 12.7 Å². The Labute approximate surface area is 241 Å². The second-order valence-corrected chi connectivity index (χ2v) is 9.95. The van der Waals surface area contributed by atoms with Crippen LogP contribution in [0.25, 0.3) is 33.2 Å². The van der Waals surface area contributed by atoms with Gasteiger partial charge in [-0.05, 0) is 52.1 Å². The van der Waals surface area contributed by atoms with Crippen LogP contribution in [0, 0.1) is 0 Å². The minimum absolute atomic E-state index is 0.0442. The van der Waals surface area contributed by atoms with Gasteiger partial charge in [0.25, 0.3) is 0 Å². The van der Waals surface area contributed by atoms with Gasteiger partial charge >= 0.3 is 6.18 Å². The van der Waals surface area contributed by atoms with Gasteiger partial charge in [0, 0.05) is 23.2 Å². The van der Waals surface area contributed by atoms with Gasteiger partial charge in [-0.2, -0.15) is 13.2 Å². The number of hydrogen-bond acceptors (Lipinski definition) is 3. The molecule has 0 fully saturated rings. The number of carbonyl (C=O) groups excluding carboxylic acids is 1. The maximum absolute atomic E-state index is 14.0. The number of ketones is 1. The van der Waals surface area contributed by atoms with Crippen molar-refractivity contribution in [2.24, 2.45) is 0 Å². The van der Waals surface area contributed by atoms with Gasteiger partial charge in [-0.3, -0.25) is 4.79 Å². The molecule has 0 amide bonds. The number of pyridine rings is 1. The molecule has 0 aliphatic rings. The van der Waals surface area contributed by atoms with Crippen molar-refractivity contribution in [3.05, 3.63) is 156 Å². The van der Waals surface area contributed by atoms with Gasteiger partial charge in [0.1, 0.15) is 5.69 Å². The van der Waals surface area contributed by atoms with Crippen molar-refractivity contribution in [1.82, 2.24) is 4.98 Å². The number of hydrogen-bond donors (Lipinski definition) is 1. The molecule has 206 valence electrons. The van der Waals surface area contributed by atoms with Crippen molar-refractivity contribution in [3.8, 4) is 22.3 Å². The average Bonchev–Trinajstić information content (AvgIpc) is 3.03. The molecule has 0 atom stereocenters. The van der Waals surface area contributed by atoms with Crippen molar-refractivity contribution < 1.29 is 18.0 Å². The summed E-state index contributed by atoms with van der Waals surface area (Å²) >= 11 is 0. The third-order valence-corrected chi connectivity index (χ3v) is 7.14. The number of para-hydroxylation sites is 1. The van der Waals surface area contributed by atoms with E-state index in [4.69, 9.17) is 0 Å². The molecule has 1 heterocycles. The highest BCUT2D eigenvalue weighted by molar-refractivity contribution is 6.10. The lowest BCUT2D eigenvalue weighted by Gasteiger charge is -2.15. The zero-order valence-electron chi connectivity index (χ0n) is 22.4. The van der Waals surface area contributed by atoms with Gasteiger partial charge in [-0.15, -0.1) is 0 Å². The van der Waals surface area contributed by atoms with E-state index in [1.54, 1.807) is 42.5 Å². The molecule has 5 aromatic carbocycles. The van der Waals surface area contributed by atoms with E-state index in [9.17, 15) is 18.0 Å². The highest BCUT2D eigenvalue weighted by atomic mass is 19.4. The van der Waals surface area contributed by atoms with Crippen molar-refractivity contribution in [1.29, 1.82) is 0 Å². The van der Waals surface area contributed by atoms with Gasteiger partial charge in [-0.25, -0.2) is 4.98 Å². The summed E-state index contributed by atoms with van der Waals surface area (Å²) < 4.78 is 42.1. The van der Waals surface area contributed by atoms with E-state index in [-0.39, 0.29) is 11.2 Å². The molecule has 0 bridgehead atoms. The first-order valence-corrected chi connectivity index (χ1v) is 13.5. The van der Waals surface area contributed by atoms with Crippen LogP contribution in [0.2, 0.25) is 0 Å². The van der Waals surface area contributed by atoms with Crippen LogP contribution in [0.4, 0.5) is 18.9 Å². The van der Waals surface area contributed by atoms with E-state index in [0.717, 1.165) is 28.4 Å². The van der Waals surface area contributed by atoms with Crippen molar-refractivity contribution >= 4 is 22.4 Å². The first-order chi connectivity index (χ1) is 20.4. The molecule has 6 heteroatoms. The Morgan fingerprint density at radius 2 is 1.31 bits per heavy atom. The lowest BCUT2D eigenvalue weighted by molar-refractivity contribution is -0.136. The van der Waals surface area contributed by atoms with Crippen LogP contribution in [0.3, 0.4) is 0 Å². The number of nitrogens with one attached hydrogen (secondary N) is 1. The molecule has 1 N–H and O–H groups in total. The fraction of sp³-hybridized carbons (Fsp3) is 0.0556. The van der Waals surface area contributed by atoms with Crippen LogP contribution < -0.4 is 5.32 Å². The quantitative estimate of drug-likeness (QED) is 0.199. The molecule has 0 unspecified atom stereocenters. The van der Waals surface area contributed by atoms with Gasteiger partial charge < -0.3 is 5.32 Å². The summed E-state index contributed by atoms with van der Waals surface area (Å²) in [6.07, 6.45) is -4.63. The molecule has 0 saturated heterocycles. The van der Waals surface area contributed by atoms with E-state index in [1.165, 1.54) is 6.07 Å². The van der Waals surface area contributed by atoms with Crippen molar-refractivity contribution in [2.45, 2.75) is 12.7 Å². The van der Waals surface area contributed by atoms with Gasteiger partial charge in [0.2, 0.25) is 5.78 Å². The van der Waals surface area contributed by atoms with Crippen molar-refractivity contribution in [3.63, 3.8) is 0 Å². The molecule has 42 heavy (non-hydrogen) atoms. The predicted molar refractivity (Wildman–Crippen MR) is 161 cm³/mol. The number of alkyl halides is 3. The standard InChI is InChI=1S/C36H25F3N2O/c37-36(38,39)32-16-8-15-30-31(22-33(41-34(30)32)35(42)27-11-5-2-6-12-27)28-13-7-14-29(21-28)40-23-24-17-19-26(20-18-24)25-9-3-1-4-10-25/h1-22,40H,23H2. The van der Waals surface area contributed by atoms with Gasteiger partial charge in [0.05, 0.1) is 11.1 Å². The second-order valence-electron chi connectivity index (χ2n) is 9.95. The van der Waals surface area contributed by atoms with Gasteiger partial charge in [-0.1, -0.05) is 109 Å². The zero-order valence-corrected chi connectivity index (χ0v) is 22.4. The monoisotopic (exact) mass is 558 g/mol. The summed E-state index contributed by atoms with van der Waals surface area (Å²) in [5.41, 5.74) is 4.52. The summed E-state index contributed by atoms with van der Waals surface area (Å²) in [7, 11) is 0. The van der Waals surface area contributed by atoms with E-state index >= 15 is 0 Å². The third kappa shape index (κ3) is 5.65. The number of fused-ring (bicyclic) bond motifs is 1. The Kier molecular flexibility index (Phi) is 7.28. The number of aromatic nitrogens is 1. The number of carbonyl (C=O) groups is 1. The molecule has 0 spiro atoms. The molecular weight excluding hydrogens is 533 g/mol. The normalized spacial score (nSPS) is 11.4. The average molecular weight is 559 g/mol. The summed E-state index contributed by atoms with van der Waals surface area (Å²) in [6.45, 7) is 0.561. The molecule has 0 aliphatic heterocycles. The first kappa shape index (κ1) is 27.0. The Balaban J connectivity index is 1.35. The minimum Gasteiger partial charge on any atom is -0.381 e. The van der Waals surface area contributed by atoms with E-state index < -0.39 is 17.5 Å². The van der Waals surface area contributed by atoms with Crippen LogP contribution in [0.15, 0.2) is 133 Å². The topological polar surface area (TPSA) is 42.0 Å². The molecular formula is C36H25F3N2O. The zero-order chi connectivity index (χ0) is 29.1. The molecule has 0 aliphatic carbocycles. The van der Waals surface area contributed by atoms with Crippen LogP contribution in [-0.4, -0.2) is 10.8 Å². The van der Waals surface area contributed by atoms with Gasteiger partial charge in [0.15, 0.2) is 0 Å². The lowest BCUT2D eigenvalue weighted by atomic mass is 9.96. The Morgan fingerprint density at radius 1 is 0.667 bits per heavy atom. The largest absolute Gasteiger partial charge is 0.418 e. The second kappa shape index (κ2) is 11.3. The van der Waals surface area contributed by atoms with E-state index in [2.05, 4.69) is 46.7 Å². The van der Waals surface area contributed by atoms with E-state index in [0.29, 0.717) is 28.6 Å². The summed E-state index contributed by atoms with van der Waals surface area (Å²) in [5.74, 6) is -0.441. The molecule has 6 rings (SSSR count). The van der Waals surface area contributed by atoms with Crippen LogP contribution in [0.5, 0.6) is 0 Å². The fourth-order valence-corrected chi connectivity index (χ4v) is 5.02. The summed E-state index contributed by atoms with van der Waals surface area (Å²) in [4.78, 5) is 17.6. The van der Waals surface area contributed by atoms with Crippen LogP contribution >= 0.6 is 0 Å².